The fourth-order valence-electron chi connectivity index (χ4n) is 8.85. The molecule has 1 spiro atoms. The lowest BCUT2D eigenvalue weighted by atomic mass is 9.82. The number of para-hydroxylation sites is 4. The molecular weight excluding hydrogens is 688 g/mol. The average molecular weight is 729 g/mol. The summed E-state index contributed by atoms with van der Waals surface area (Å²) < 4.78 is 18.2. The van der Waals surface area contributed by atoms with E-state index in [4.69, 9.17) is 14.2 Å². The lowest BCUT2D eigenvalue weighted by Gasteiger charge is -2.31. The Balaban J connectivity index is 1.06. The average Bonchev–Trinajstić information content (AvgIpc) is 3.87. The highest BCUT2D eigenvalue weighted by atomic mass is 16.5. The van der Waals surface area contributed by atoms with Crippen LogP contribution in [-0.2, 0) is 36.1 Å². The summed E-state index contributed by atoms with van der Waals surface area (Å²) in [6.07, 6.45) is 1.66. The van der Waals surface area contributed by atoms with E-state index in [1.807, 2.05) is 97.9 Å². The molecule has 2 saturated heterocycles. The van der Waals surface area contributed by atoms with E-state index in [0.717, 1.165) is 18.4 Å². The summed E-state index contributed by atoms with van der Waals surface area (Å²) in [4.78, 5) is 61.5. The third kappa shape index (κ3) is 5.42. The van der Waals surface area contributed by atoms with Gasteiger partial charge in [0.1, 0.15) is 11.5 Å². The molecule has 0 radical (unpaired) electrons. The van der Waals surface area contributed by atoms with E-state index in [-0.39, 0.29) is 68.4 Å². The minimum absolute atomic E-state index is 0.0612. The Hall–Kier alpha value is -5.72. The molecule has 4 amide bonds. The molecule has 0 bridgehead atoms. The maximum Gasteiger partial charge on any atom is 0.269 e. The maximum absolute atomic E-state index is 14.9. The number of fused-ring (bicyclic) bond motifs is 4. The van der Waals surface area contributed by atoms with Crippen LogP contribution in [0.15, 0.2) is 91.0 Å². The Morgan fingerprint density at radius 2 is 1.44 bits per heavy atom. The van der Waals surface area contributed by atoms with Gasteiger partial charge in [-0.2, -0.15) is 0 Å². The molecule has 4 aromatic carbocycles. The highest BCUT2D eigenvalue weighted by molar-refractivity contribution is 6.10. The van der Waals surface area contributed by atoms with Gasteiger partial charge >= 0.3 is 0 Å². The van der Waals surface area contributed by atoms with Crippen LogP contribution >= 0.6 is 0 Å². The molecule has 276 valence electrons. The molecule has 0 aliphatic carbocycles. The van der Waals surface area contributed by atoms with Crippen LogP contribution in [-0.4, -0.2) is 72.1 Å². The number of carbonyl (C=O) groups is 4. The van der Waals surface area contributed by atoms with Crippen LogP contribution in [0.25, 0.3) is 0 Å². The zero-order valence-electron chi connectivity index (χ0n) is 29.9. The van der Waals surface area contributed by atoms with E-state index in [9.17, 15) is 24.3 Å². The van der Waals surface area contributed by atoms with Gasteiger partial charge in [-0.05, 0) is 79.4 Å². The normalized spacial score (nSPS) is 24.4. The molecule has 2 fully saturated rings. The second kappa shape index (κ2) is 13.3. The molecule has 0 unspecified atom stereocenters. The summed E-state index contributed by atoms with van der Waals surface area (Å²) in [5.41, 5.74) is 3.30. The van der Waals surface area contributed by atoms with Gasteiger partial charge in [0, 0.05) is 29.4 Å². The molecule has 0 aromatic heterocycles. The topological polar surface area (TPSA) is 129 Å². The van der Waals surface area contributed by atoms with Gasteiger partial charge in [-0.3, -0.25) is 29.0 Å². The summed E-state index contributed by atoms with van der Waals surface area (Å²) in [5.74, 6) is 0.182. The molecule has 12 heteroatoms. The van der Waals surface area contributed by atoms with Crippen LogP contribution in [0.4, 0.5) is 28.4 Å². The van der Waals surface area contributed by atoms with Crippen LogP contribution in [0.1, 0.15) is 43.7 Å². The third-order valence-corrected chi connectivity index (χ3v) is 11.4. The van der Waals surface area contributed by atoms with Crippen molar-refractivity contribution in [2.45, 2.75) is 56.9 Å². The van der Waals surface area contributed by atoms with E-state index < -0.39 is 11.7 Å². The number of anilines is 5. The molecule has 4 atom stereocenters. The van der Waals surface area contributed by atoms with Crippen molar-refractivity contribution in [1.29, 1.82) is 0 Å². The van der Waals surface area contributed by atoms with Crippen molar-refractivity contribution in [3.63, 3.8) is 0 Å². The maximum atomic E-state index is 14.9. The molecule has 54 heavy (non-hydrogen) atoms. The van der Waals surface area contributed by atoms with Gasteiger partial charge in [0.05, 0.1) is 48.8 Å². The van der Waals surface area contributed by atoms with Gasteiger partial charge in [0.15, 0.2) is 18.8 Å². The molecule has 0 saturated carbocycles. The molecule has 5 heterocycles. The first kappa shape index (κ1) is 34.1. The number of rotatable bonds is 7. The van der Waals surface area contributed by atoms with E-state index in [1.54, 1.807) is 19.6 Å². The Morgan fingerprint density at radius 1 is 0.815 bits per heavy atom. The van der Waals surface area contributed by atoms with Gasteiger partial charge in [-0.1, -0.05) is 43.3 Å². The number of benzene rings is 4. The number of aliphatic hydroxyl groups excluding tert-OH is 1. The van der Waals surface area contributed by atoms with E-state index in [2.05, 4.69) is 0 Å². The SMILES string of the molecule is C[C@@H]1C[C@H](CC(=O)N2CCC[C@H]2CO)O[C@@]12C(=O)N(Cc1ccc(N3C(=O)COc4ccccc43)cc1)c1ccc(N3C(=O)COc4ccccc43)cc12. The molecule has 1 N–H and O–H groups in total. The Morgan fingerprint density at radius 3 is 2.11 bits per heavy atom. The van der Waals surface area contributed by atoms with Crippen molar-refractivity contribution in [3.8, 4) is 11.5 Å². The number of ether oxygens (including phenoxy) is 3. The third-order valence-electron chi connectivity index (χ3n) is 11.4. The van der Waals surface area contributed by atoms with Gasteiger partial charge in [0.2, 0.25) is 5.91 Å². The quantitative estimate of drug-likeness (QED) is 0.270. The van der Waals surface area contributed by atoms with Crippen LogP contribution in [0, 0.1) is 5.92 Å². The zero-order chi connectivity index (χ0) is 37.1. The predicted octanol–water partition coefficient (Wildman–Crippen LogP) is 5.34. The number of likely N-dealkylation sites (tertiary alicyclic amines) is 1. The minimum atomic E-state index is -1.39. The highest BCUT2D eigenvalue weighted by Crippen LogP contribution is 2.55. The molecule has 5 aliphatic rings. The predicted molar refractivity (Wildman–Crippen MR) is 199 cm³/mol. The smallest absolute Gasteiger partial charge is 0.269 e. The first-order valence-corrected chi connectivity index (χ1v) is 18.5. The van der Waals surface area contributed by atoms with Crippen molar-refractivity contribution >= 4 is 52.1 Å². The van der Waals surface area contributed by atoms with Crippen molar-refractivity contribution in [3.05, 3.63) is 102 Å². The zero-order valence-corrected chi connectivity index (χ0v) is 29.9. The number of hydrogen-bond acceptors (Lipinski definition) is 8. The number of aliphatic hydroxyl groups is 1. The Labute approximate surface area is 312 Å². The standard InChI is InChI=1S/C42H40N4O8/c1-26-19-31(21-38(48)43-18-6-7-30(43)23-47)54-42(26)32-20-29(46-35-9-3-5-11-37(35)53-25-40(46)50)16-17-33(32)44(41(42)51)22-27-12-14-28(15-13-27)45-34-8-2-4-10-36(34)52-24-39(45)49/h2-5,8-17,20,26,30-31,47H,6-7,18-19,21-25H2,1H3/t26-,30+,31-,42+/m1/s1. The summed E-state index contributed by atoms with van der Waals surface area (Å²) >= 11 is 0. The lowest BCUT2D eigenvalue weighted by Crippen LogP contribution is -2.44. The molecule has 12 nitrogen and oxygen atoms in total. The second-order valence-corrected chi connectivity index (χ2v) is 14.6. The number of amides is 4. The van der Waals surface area contributed by atoms with Crippen molar-refractivity contribution in [2.75, 3.05) is 41.1 Å². The second-order valence-electron chi connectivity index (χ2n) is 14.6. The summed E-state index contributed by atoms with van der Waals surface area (Å²) in [7, 11) is 0. The largest absolute Gasteiger partial charge is 0.482 e. The van der Waals surface area contributed by atoms with Crippen LogP contribution in [0.3, 0.4) is 0 Å². The highest BCUT2D eigenvalue weighted by Gasteiger charge is 2.60. The molecule has 4 aromatic rings. The summed E-state index contributed by atoms with van der Waals surface area (Å²) in [5, 5.41) is 9.86. The van der Waals surface area contributed by atoms with Crippen LogP contribution in [0.5, 0.6) is 11.5 Å². The first-order valence-electron chi connectivity index (χ1n) is 18.5. The van der Waals surface area contributed by atoms with Gasteiger partial charge < -0.3 is 29.1 Å². The summed E-state index contributed by atoms with van der Waals surface area (Å²) in [6.45, 7) is 2.54. The molecular formula is C42H40N4O8. The Bertz CT molecular complexity index is 2170. The van der Waals surface area contributed by atoms with Crippen LogP contribution < -0.4 is 24.2 Å². The van der Waals surface area contributed by atoms with Gasteiger partial charge in [-0.25, -0.2) is 0 Å². The first-order chi connectivity index (χ1) is 26.3. The van der Waals surface area contributed by atoms with E-state index in [1.165, 1.54) is 0 Å². The Kier molecular flexibility index (Phi) is 8.39. The molecule has 5 aliphatic heterocycles. The van der Waals surface area contributed by atoms with Crippen molar-refractivity contribution < 1.29 is 38.5 Å². The number of carbonyl (C=O) groups excluding carboxylic acids is 4. The van der Waals surface area contributed by atoms with Gasteiger partial charge in [0.25, 0.3) is 17.7 Å². The number of nitrogens with zero attached hydrogens (tertiary/aromatic N) is 4. The van der Waals surface area contributed by atoms with Gasteiger partial charge in [-0.15, -0.1) is 0 Å². The monoisotopic (exact) mass is 728 g/mol. The van der Waals surface area contributed by atoms with Crippen molar-refractivity contribution in [1.82, 2.24) is 4.90 Å². The van der Waals surface area contributed by atoms with E-state index in [0.29, 0.717) is 58.5 Å². The fraction of sp³-hybridized carbons (Fsp3) is 0.333. The van der Waals surface area contributed by atoms with E-state index >= 15 is 0 Å². The summed E-state index contributed by atoms with van der Waals surface area (Å²) in [6, 6.07) is 27.7. The number of hydrogen-bond donors (Lipinski definition) is 1. The molecule has 9 rings (SSSR count). The van der Waals surface area contributed by atoms with Crippen LogP contribution in [0.2, 0.25) is 0 Å². The minimum Gasteiger partial charge on any atom is -0.482 e. The lowest BCUT2D eigenvalue weighted by molar-refractivity contribution is -0.150. The van der Waals surface area contributed by atoms with Crippen molar-refractivity contribution in [2.24, 2.45) is 5.92 Å². The fourth-order valence-corrected chi connectivity index (χ4v) is 8.85.